The molecule has 0 saturated carbocycles. The molecule has 2 aromatic heterocycles. The summed E-state index contributed by atoms with van der Waals surface area (Å²) in [4.78, 5) is 16.7. The first-order valence-corrected chi connectivity index (χ1v) is 9.85. The molecule has 1 N–H and O–H groups in total. The summed E-state index contributed by atoms with van der Waals surface area (Å²) in [5.41, 5.74) is 1.91. The number of anilines is 1. The largest absolute Gasteiger partial charge is 0.468 e. The second-order valence-electron chi connectivity index (χ2n) is 5.48. The van der Waals surface area contributed by atoms with E-state index in [4.69, 9.17) is 4.74 Å². The summed E-state index contributed by atoms with van der Waals surface area (Å²) in [5.74, 6) is 0.280. The van der Waals surface area contributed by atoms with Gasteiger partial charge in [0.15, 0.2) is 4.34 Å². The molecule has 9 heteroatoms. The number of benzene rings is 2. The molecule has 2 aromatic carbocycles. The van der Waals surface area contributed by atoms with Gasteiger partial charge in [-0.05, 0) is 28.0 Å². The van der Waals surface area contributed by atoms with Gasteiger partial charge in [0.05, 0.1) is 16.0 Å². The molecule has 27 heavy (non-hydrogen) atoms. The lowest BCUT2D eigenvalue weighted by Crippen LogP contribution is -2.15. The Morgan fingerprint density at radius 2 is 1.93 bits per heavy atom. The van der Waals surface area contributed by atoms with Crippen molar-refractivity contribution in [2.45, 2.75) is 10.9 Å². The van der Waals surface area contributed by atoms with E-state index in [1.165, 1.54) is 11.8 Å². The van der Waals surface area contributed by atoms with Crippen LogP contribution in [0, 0.1) is 0 Å². The Balaban J connectivity index is 1.32. The van der Waals surface area contributed by atoms with Crippen molar-refractivity contribution in [1.82, 2.24) is 15.3 Å². The van der Waals surface area contributed by atoms with Crippen molar-refractivity contribution in [2.24, 2.45) is 0 Å². The molecule has 0 spiro atoms. The maximum absolute atomic E-state index is 12.2. The number of para-hydroxylation sites is 1. The summed E-state index contributed by atoms with van der Waals surface area (Å²) in [6.07, 6.45) is 0. The quantitative estimate of drug-likeness (QED) is 0.471. The van der Waals surface area contributed by atoms with E-state index in [1.54, 1.807) is 11.3 Å². The Morgan fingerprint density at radius 3 is 2.78 bits per heavy atom. The van der Waals surface area contributed by atoms with Crippen LogP contribution in [-0.2, 0) is 11.4 Å². The predicted octanol–water partition coefficient (Wildman–Crippen LogP) is 3.99. The van der Waals surface area contributed by atoms with Gasteiger partial charge in [-0.1, -0.05) is 54.2 Å². The highest BCUT2D eigenvalue weighted by atomic mass is 32.2. The molecule has 1 amide bonds. The third kappa shape index (κ3) is 4.44. The Labute approximate surface area is 162 Å². The number of carbonyl (C=O) groups is 1. The van der Waals surface area contributed by atoms with E-state index in [2.05, 4.69) is 25.2 Å². The van der Waals surface area contributed by atoms with Crippen molar-refractivity contribution in [1.29, 1.82) is 0 Å². The first-order chi connectivity index (χ1) is 13.3. The molecule has 0 radical (unpaired) electrons. The SMILES string of the molecule is O=C(CSc1nc2ccccc2s1)Nc1nonc1OCc1ccccc1. The number of nitrogens with one attached hydrogen (secondary N) is 1. The van der Waals surface area contributed by atoms with Crippen LogP contribution in [0.3, 0.4) is 0 Å². The molecular formula is C18H14N4O3S2. The van der Waals surface area contributed by atoms with Crippen molar-refractivity contribution < 1.29 is 14.2 Å². The smallest absolute Gasteiger partial charge is 0.301 e. The number of fused-ring (bicyclic) bond motifs is 1. The molecule has 136 valence electrons. The Hall–Kier alpha value is -2.91. The molecule has 0 atom stereocenters. The lowest BCUT2D eigenvalue weighted by Gasteiger charge is -2.04. The topological polar surface area (TPSA) is 90.1 Å². The second kappa shape index (κ2) is 8.19. The monoisotopic (exact) mass is 398 g/mol. The first-order valence-electron chi connectivity index (χ1n) is 8.05. The average Bonchev–Trinajstić information content (AvgIpc) is 3.31. The third-order valence-corrected chi connectivity index (χ3v) is 5.71. The number of aromatic nitrogens is 3. The number of amides is 1. The van der Waals surface area contributed by atoms with E-state index in [0.717, 1.165) is 20.1 Å². The fraction of sp³-hybridized carbons (Fsp3) is 0.111. The molecular weight excluding hydrogens is 384 g/mol. The van der Waals surface area contributed by atoms with E-state index in [-0.39, 0.29) is 23.4 Å². The van der Waals surface area contributed by atoms with Crippen LogP contribution in [0.25, 0.3) is 10.2 Å². The van der Waals surface area contributed by atoms with Gasteiger partial charge in [0.1, 0.15) is 6.61 Å². The first kappa shape index (κ1) is 17.5. The number of ether oxygens (including phenoxy) is 1. The highest BCUT2D eigenvalue weighted by Crippen LogP contribution is 2.29. The van der Waals surface area contributed by atoms with Gasteiger partial charge in [0, 0.05) is 0 Å². The van der Waals surface area contributed by atoms with Crippen LogP contribution in [-0.4, -0.2) is 27.0 Å². The molecule has 7 nitrogen and oxygen atoms in total. The summed E-state index contributed by atoms with van der Waals surface area (Å²) < 4.78 is 12.2. The normalized spacial score (nSPS) is 10.8. The number of thioether (sulfide) groups is 1. The molecule has 0 saturated heterocycles. The Kier molecular flexibility index (Phi) is 5.31. The van der Waals surface area contributed by atoms with E-state index < -0.39 is 0 Å². The number of rotatable bonds is 7. The van der Waals surface area contributed by atoms with E-state index in [0.29, 0.717) is 6.61 Å². The fourth-order valence-corrected chi connectivity index (χ4v) is 4.15. The molecule has 0 fully saturated rings. The van der Waals surface area contributed by atoms with Crippen molar-refractivity contribution in [2.75, 3.05) is 11.1 Å². The zero-order valence-corrected chi connectivity index (χ0v) is 15.6. The summed E-state index contributed by atoms with van der Waals surface area (Å²) >= 11 is 2.92. The molecule has 0 aliphatic carbocycles. The van der Waals surface area contributed by atoms with Gasteiger partial charge in [-0.25, -0.2) is 9.61 Å². The zero-order chi connectivity index (χ0) is 18.5. The van der Waals surface area contributed by atoms with E-state index in [1.807, 2.05) is 54.6 Å². The van der Waals surface area contributed by atoms with Crippen LogP contribution in [0.4, 0.5) is 5.82 Å². The molecule has 0 aliphatic rings. The highest BCUT2D eigenvalue weighted by Gasteiger charge is 2.15. The maximum atomic E-state index is 12.2. The molecule has 4 aromatic rings. The van der Waals surface area contributed by atoms with Crippen molar-refractivity contribution in [3.05, 3.63) is 60.2 Å². The zero-order valence-electron chi connectivity index (χ0n) is 14.0. The minimum Gasteiger partial charge on any atom is -0.468 e. The van der Waals surface area contributed by atoms with Crippen LogP contribution >= 0.6 is 23.1 Å². The summed E-state index contributed by atoms with van der Waals surface area (Å²) in [6, 6.07) is 17.5. The Bertz CT molecular complexity index is 1020. The van der Waals surface area contributed by atoms with Crippen LogP contribution in [0.2, 0.25) is 0 Å². The van der Waals surface area contributed by atoms with Crippen LogP contribution in [0.15, 0.2) is 63.6 Å². The number of hydrogen-bond donors (Lipinski definition) is 1. The van der Waals surface area contributed by atoms with Gasteiger partial charge >= 0.3 is 5.88 Å². The molecule has 2 heterocycles. The molecule has 0 bridgehead atoms. The standard InChI is InChI=1S/C18H14N4O3S2/c23-15(11-26-18-19-13-8-4-5-9-14(13)27-18)20-16-17(22-25-21-16)24-10-12-6-2-1-3-7-12/h1-9H,10-11H2,(H,20,21,23). The van der Waals surface area contributed by atoms with Gasteiger partial charge in [0.2, 0.25) is 11.7 Å². The van der Waals surface area contributed by atoms with Crippen LogP contribution in [0.1, 0.15) is 5.56 Å². The van der Waals surface area contributed by atoms with Crippen LogP contribution < -0.4 is 10.1 Å². The number of thiazole rings is 1. The second-order valence-corrected chi connectivity index (χ2v) is 7.73. The van der Waals surface area contributed by atoms with Gasteiger partial charge in [-0.2, -0.15) is 0 Å². The molecule has 4 rings (SSSR count). The van der Waals surface area contributed by atoms with E-state index >= 15 is 0 Å². The van der Waals surface area contributed by atoms with Gasteiger partial charge in [0.25, 0.3) is 0 Å². The van der Waals surface area contributed by atoms with Crippen molar-refractivity contribution >= 4 is 45.0 Å². The minimum atomic E-state index is -0.237. The summed E-state index contributed by atoms with van der Waals surface area (Å²) in [5, 5.41) is 10.0. The predicted molar refractivity (Wildman–Crippen MR) is 104 cm³/mol. The van der Waals surface area contributed by atoms with Gasteiger partial charge < -0.3 is 10.1 Å². The third-order valence-electron chi connectivity index (χ3n) is 3.54. The molecule has 0 aliphatic heterocycles. The summed E-state index contributed by atoms with van der Waals surface area (Å²) in [6.45, 7) is 0.304. The highest BCUT2D eigenvalue weighted by molar-refractivity contribution is 8.01. The summed E-state index contributed by atoms with van der Waals surface area (Å²) in [7, 11) is 0. The maximum Gasteiger partial charge on any atom is 0.301 e. The van der Waals surface area contributed by atoms with Crippen molar-refractivity contribution in [3.8, 4) is 5.88 Å². The molecule has 0 unspecified atom stereocenters. The van der Waals surface area contributed by atoms with Gasteiger partial charge in [-0.15, -0.1) is 11.3 Å². The van der Waals surface area contributed by atoms with Crippen molar-refractivity contribution in [3.63, 3.8) is 0 Å². The Morgan fingerprint density at radius 1 is 1.11 bits per heavy atom. The number of carbonyl (C=O) groups excluding carboxylic acids is 1. The average molecular weight is 398 g/mol. The number of nitrogens with zero attached hydrogens (tertiary/aromatic N) is 3. The minimum absolute atomic E-state index is 0.150. The lowest BCUT2D eigenvalue weighted by atomic mass is 10.2. The van der Waals surface area contributed by atoms with Gasteiger partial charge in [-0.3, -0.25) is 4.79 Å². The fourth-order valence-electron chi connectivity index (χ4n) is 2.29. The van der Waals surface area contributed by atoms with Crippen LogP contribution in [0.5, 0.6) is 5.88 Å². The van der Waals surface area contributed by atoms with E-state index in [9.17, 15) is 4.79 Å². The lowest BCUT2D eigenvalue weighted by molar-refractivity contribution is -0.113. The number of hydrogen-bond acceptors (Lipinski definition) is 8.